The molecule has 0 radical (unpaired) electrons. The highest BCUT2D eigenvalue weighted by Gasteiger charge is 2.23. The molecule has 1 aliphatic carbocycles. The topological polar surface area (TPSA) is 70.2 Å². The molecule has 0 saturated heterocycles. The number of benzene rings is 2. The summed E-state index contributed by atoms with van der Waals surface area (Å²) >= 11 is 0. The molecular formula is C28H36N4O2. The normalized spacial score (nSPS) is 13.3. The predicted molar refractivity (Wildman–Crippen MR) is 137 cm³/mol. The lowest BCUT2D eigenvalue weighted by Gasteiger charge is -2.20. The van der Waals surface area contributed by atoms with Crippen molar-refractivity contribution < 1.29 is 9.53 Å². The van der Waals surface area contributed by atoms with Gasteiger partial charge < -0.3 is 15.0 Å². The number of carbonyl (C=O) groups excluding carboxylic acids is 1. The zero-order valence-corrected chi connectivity index (χ0v) is 20.8. The van der Waals surface area contributed by atoms with E-state index in [2.05, 4.69) is 53.3 Å². The first-order valence-electron chi connectivity index (χ1n) is 12.4. The zero-order chi connectivity index (χ0) is 24.1. The summed E-state index contributed by atoms with van der Waals surface area (Å²) in [5, 5.41) is 11.0. The second kappa shape index (κ2) is 10.9. The van der Waals surface area contributed by atoms with Gasteiger partial charge in [-0.1, -0.05) is 26.0 Å². The Balaban J connectivity index is 1.41. The molecular weight excluding hydrogens is 424 g/mol. The first-order chi connectivity index (χ1) is 16.5. The quantitative estimate of drug-likeness (QED) is 0.442. The summed E-state index contributed by atoms with van der Waals surface area (Å²) in [5.74, 6) is 0.864. The number of methoxy groups -OCH3 is 1. The number of hydrogen-bond acceptors (Lipinski definition) is 4. The van der Waals surface area contributed by atoms with Crippen LogP contribution in [0.25, 0.3) is 22.5 Å². The standard InChI is InChI=1S/C28H36N4O2/c1-5-32(6-2)17-7-8-19(3)29-28(33)21-11-9-20(10-12-21)26-25-15-13-22-18-23(34-4)14-16-24(22)27(25)31-30-26/h9-12,14,16,18-19H,5-8,13,15,17H2,1-4H3,(H,29,33)(H,30,31)/t19-/m0/s1. The van der Waals surface area contributed by atoms with Crippen molar-refractivity contribution in [2.24, 2.45) is 0 Å². The van der Waals surface area contributed by atoms with Crippen LogP contribution in [-0.2, 0) is 12.8 Å². The van der Waals surface area contributed by atoms with E-state index in [-0.39, 0.29) is 11.9 Å². The van der Waals surface area contributed by atoms with Crippen molar-refractivity contribution in [2.75, 3.05) is 26.7 Å². The molecule has 4 rings (SSSR count). The van der Waals surface area contributed by atoms with Crippen molar-refractivity contribution in [1.82, 2.24) is 20.4 Å². The molecule has 1 amide bonds. The number of aromatic amines is 1. The van der Waals surface area contributed by atoms with E-state index in [1.54, 1.807) is 7.11 Å². The molecule has 2 aromatic carbocycles. The van der Waals surface area contributed by atoms with Crippen LogP contribution in [0.5, 0.6) is 5.75 Å². The molecule has 1 heterocycles. The third-order valence-electron chi connectivity index (χ3n) is 6.90. The van der Waals surface area contributed by atoms with Gasteiger partial charge in [0.05, 0.1) is 18.5 Å². The van der Waals surface area contributed by atoms with E-state index >= 15 is 0 Å². The second-order valence-corrected chi connectivity index (χ2v) is 9.07. The van der Waals surface area contributed by atoms with Crippen LogP contribution in [0.4, 0.5) is 0 Å². The molecule has 180 valence electrons. The lowest BCUT2D eigenvalue weighted by molar-refractivity contribution is 0.0937. The van der Waals surface area contributed by atoms with Gasteiger partial charge in [0.15, 0.2) is 0 Å². The predicted octanol–water partition coefficient (Wildman–Crippen LogP) is 5.09. The van der Waals surface area contributed by atoms with Crippen molar-refractivity contribution in [3.05, 3.63) is 59.2 Å². The number of carbonyl (C=O) groups is 1. The molecule has 0 spiro atoms. The summed E-state index contributed by atoms with van der Waals surface area (Å²) in [5.41, 5.74) is 7.45. The van der Waals surface area contributed by atoms with E-state index in [0.717, 1.165) is 68.0 Å². The van der Waals surface area contributed by atoms with Crippen molar-refractivity contribution in [3.63, 3.8) is 0 Å². The van der Waals surface area contributed by atoms with Crippen LogP contribution in [0, 0.1) is 0 Å². The molecule has 1 aliphatic rings. The smallest absolute Gasteiger partial charge is 0.251 e. The van der Waals surface area contributed by atoms with Gasteiger partial charge in [-0.3, -0.25) is 9.89 Å². The number of nitrogens with zero attached hydrogens (tertiary/aromatic N) is 2. The second-order valence-electron chi connectivity index (χ2n) is 9.07. The number of rotatable bonds is 10. The molecule has 1 aromatic heterocycles. The number of fused-ring (bicyclic) bond motifs is 3. The van der Waals surface area contributed by atoms with Crippen LogP contribution >= 0.6 is 0 Å². The van der Waals surface area contributed by atoms with Crippen molar-refractivity contribution in [1.29, 1.82) is 0 Å². The van der Waals surface area contributed by atoms with E-state index in [4.69, 9.17) is 4.74 Å². The summed E-state index contributed by atoms with van der Waals surface area (Å²) in [6.45, 7) is 9.68. The maximum absolute atomic E-state index is 12.7. The van der Waals surface area contributed by atoms with Crippen LogP contribution in [0.15, 0.2) is 42.5 Å². The van der Waals surface area contributed by atoms with Crippen LogP contribution in [0.3, 0.4) is 0 Å². The molecule has 1 atom stereocenters. The number of aromatic nitrogens is 2. The van der Waals surface area contributed by atoms with Crippen LogP contribution in [-0.4, -0.2) is 53.8 Å². The molecule has 0 saturated carbocycles. The number of H-pyrrole nitrogens is 1. The van der Waals surface area contributed by atoms with E-state index in [9.17, 15) is 4.79 Å². The minimum atomic E-state index is -0.0196. The minimum Gasteiger partial charge on any atom is -0.497 e. The van der Waals surface area contributed by atoms with E-state index in [0.29, 0.717) is 5.56 Å². The number of aryl methyl sites for hydroxylation is 1. The van der Waals surface area contributed by atoms with E-state index in [1.807, 2.05) is 30.3 Å². The fraction of sp³-hybridized carbons (Fsp3) is 0.429. The molecule has 0 aliphatic heterocycles. The van der Waals surface area contributed by atoms with Gasteiger partial charge in [0.25, 0.3) is 5.91 Å². The van der Waals surface area contributed by atoms with Crippen molar-refractivity contribution in [3.8, 4) is 28.3 Å². The lowest BCUT2D eigenvalue weighted by Crippen LogP contribution is -2.33. The summed E-state index contributed by atoms with van der Waals surface area (Å²) < 4.78 is 5.37. The monoisotopic (exact) mass is 460 g/mol. The molecule has 0 fully saturated rings. The number of ether oxygens (including phenoxy) is 1. The molecule has 0 bridgehead atoms. The average Bonchev–Trinajstić information content (AvgIpc) is 3.31. The van der Waals surface area contributed by atoms with Gasteiger partial charge in [0.2, 0.25) is 0 Å². The molecule has 6 heteroatoms. The van der Waals surface area contributed by atoms with Crippen LogP contribution in [0.1, 0.15) is 55.1 Å². The molecule has 3 aromatic rings. The summed E-state index contributed by atoms with van der Waals surface area (Å²) in [7, 11) is 1.70. The van der Waals surface area contributed by atoms with Crippen LogP contribution in [0.2, 0.25) is 0 Å². The lowest BCUT2D eigenvalue weighted by atomic mass is 9.87. The Kier molecular flexibility index (Phi) is 7.68. The van der Waals surface area contributed by atoms with Gasteiger partial charge in [-0.15, -0.1) is 0 Å². The van der Waals surface area contributed by atoms with Gasteiger partial charge in [0, 0.05) is 28.3 Å². The van der Waals surface area contributed by atoms with Crippen molar-refractivity contribution >= 4 is 5.91 Å². The molecule has 34 heavy (non-hydrogen) atoms. The van der Waals surface area contributed by atoms with Crippen molar-refractivity contribution in [2.45, 2.75) is 52.5 Å². The first-order valence-corrected chi connectivity index (χ1v) is 12.4. The number of amides is 1. The summed E-state index contributed by atoms with van der Waals surface area (Å²) in [6.07, 6.45) is 3.95. The fourth-order valence-corrected chi connectivity index (χ4v) is 4.80. The van der Waals surface area contributed by atoms with E-state index in [1.165, 1.54) is 16.7 Å². The van der Waals surface area contributed by atoms with Gasteiger partial charge in [-0.2, -0.15) is 5.10 Å². The highest BCUT2D eigenvalue weighted by Crippen LogP contribution is 2.38. The SMILES string of the molecule is CCN(CC)CCC[C@H](C)NC(=O)c1ccc(-c2n[nH]c3c2CCc2cc(OC)ccc2-3)cc1. The van der Waals surface area contributed by atoms with Gasteiger partial charge in [0.1, 0.15) is 5.75 Å². The third kappa shape index (κ3) is 5.17. The minimum absolute atomic E-state index is 0.0196. The first kappa shape index (κ1) is 24.0. The Morgan fingerprint density at radius 3 is 2.62 bits per heavy atom. The maximum atomic E-state index is 12.7. The zero-order valence-electron chi connectivity index (χ0n) is 20.8. The molecule has 0 unspecified atom stereocenters. The Bertz CT molecular complexity index is 1120. The largest absolute Gasteiger partial charge is 0.497 e. The molecule has 2 N–H and O–H groups in total. The number of hydrogen-bond donors (Lipinski definition) is 2. The van der Waals surface area contributed by atoms with E-state index < -0.39 is 0 Å². The summed E-state index contributed by atoms with van der Waals surface area (Å²) in [6, 6.07) is 14.2. The number of nitrogens with one attached hydrogen (secondary N) is 2. The Hall–Kier alpha value is -3.12. The maximum Gasteiger partial charge on any atom is 0.251 e. The van der Waals surface area contributed by atoms with Gasteiger partial charge in [-0.05, 0) is 88.1 Å². The van der Waals surface area contributed by atoms with Gasteiger partial charge in [-0.25, -0.2) is 0 Å². The van der Waals surface area contributed by atoms with Gasteiger partial charge >= 0.3 is 0 Å². The fourth-order valence-electron chi connectivity index (χ4n) is 4.80. The average molecular weight is 461 g/mol. The third-order valence-corrected chi connectivity index (χ3v) is 6.90. The highest BCUT2D eigenvalue weighted by molar-refractivity contribution is 5.95. The Labute approximate surface area is 202 Å². The highest BCUT2D eigenvalue weighted by atomic mass is 16.5. The molecule has 6 nitrogen and oxygen atoms in total. The van der Waals surface area contributed by atoms with Crippen LogP contribution < -0.4 is 10.1 Å². The summed E-state index contributed by atoms with van der Waals surface area (Å²) in [4.78, 5) is 15.1. The Morgan fingerprint density at radius 1 is 1.15 bits per heavy atom. The Morgan fingerprint density at radius 2 is 1.91 bits per heavy atom.